The van der Waals surface area contributed by atoms with Crippen LogP contribution in [0.25, 0.3) is 0 Å². The minimum Gasteiger partial charge on any atom is -0.406 e. The summed E-state index contributed by atoms with van der Waals surface area (Å²) in [5, 5.41) is 0. The summed E-state index contributed by atoms with van der Waals surface area (Å²) < 4.78 is 66.9. The van der Waals surface area contributed by atoms with Crippen LogP contribution in [0.3, 0.4) is 0 Å². The van der Waals surface area contributed by atoms with Gasteiger partial charge in [-0.3, -0.25) is 9.78 Å². The summed E-state index contributed by atoms with van der Waals surface area (Å²) in [7, 11) is -3.89. The van der Waals surface area contributed by atoms with E-state index in [4.69, 9.17) is 0 Å². The van der Waals surface area contributed by atoms with Crippen LogP contribution in [0.2, 0.25) is 0 Å². The summed E-state index contributed by atoms with van der Waals surface area (Å²) in [5.41, 5.74) is 0.277. The average Bonchev–Trinajstić information content (AvgIpc) is 2.67. The minimum atomic E-state index is -4.85. The fourth-order valence-corrected chi connectivity index (χ4v) is 4.17. The van der Waals surface area contributed by atoms with Crippen molar-refractivity contribution < 1.29 is 31.1 Å². The van der Waals surface area contributed by atoms with Crippen molar-refractivity contribution in [3.63, 3.8) is 0 Å². The molecule has 2 heterocycles. The van der Waals surface area contributed by atoms with Crippen molar-refractivity contribution in [3.05, 3.63) is 54.4 Å². The number of piperazine rings is 1. The van der Waals surface area contributed by atoms with Crippen LogP contribution < -0.4 is 4.74 Å². The number of hydrogen-bond donors (Lipinski definition) is 0. The molecule has 0 radical (unpaired) electrons. The first-order valence-corrected chi connectivity index (χ1v) is 9.67. The standard InChI is InChI=1S/C17H16F3N3O4S/c18-17(19,20)27-13-4-6-14(7-5-13)28(25,26)23-11-9-22(10-12-23)16(24)15-3-1-2-8-21-15/h1-8H,9-12H2. The first-order chi connectivity index (χ1) is 13.2. The Morgan fingerprint density at radius 1 is 1.00 bits per heavy atom. The number of pyridine rings is 1. The van der Waals surface area contributed by atoms with Crippen LogP contribution >= 0.6 is 0 Å². The van der Waals surface area contributed by atoms with Gasteiger partial charge in [0.2, 0.25) is 10.0 Å². The highest BCUT2D eigenvalue weighted by molar-refractivity contribution is 7.89. The van der Waals surface area contributed by atoms with Crippen LogP contribution in [0.1, 0.15) is 10.5 Å². The first kappa shape index (κ1) is 20.1. The molecule has 0 N–H and O–H groups in total. The zero-order chi connectivity index (χ0) is 20.4. The van der Waals surface area contributed by atoms with E-state index < -0.39 is 22.1 Å². The Morgan fingerprint density at radius 3 is 2.18 bits per heavy atom. The number of carbonyl (C=O) groups is 1. The zero-order valence-electron chi connectivity index (χ0n) is 14.5. The van der Waals surface area contributed by atoms with Crippen LogP contribution in [0.5, 0.6) is 5.75 Å². The fraction of sp³-hybridized carbons (Fsp3) is 0.294. The molecule has 28 heavy (non-hydrogen) atoms. The Morgan fingerprint density at radius 2 is 1.64 bits per heavy atom. The van der Waals surface area contributed by atoms with Crippen LogP contribution in [-0.4, -0.2) is 61.1 Å². The Hall–Kier alpha value is -2.66. The van der Waals surface area contributed by atoms with Gasteiger partial charge < -0.3 is 9.64 Å². The molecule has 0 aliphatic carbocycles. The number of nitrogens with zero attached hydrogens (tertiary/aromatic N) is 3. The van der Waals surface area contributed by atoms with E-state index in [0.717, 1.165) is 24.3 Å². The molecule has 1 aliphatic heterocycles. The predicted octanol–water partition coefficient (Wildman–Crippen LogP) is 2.13. The molecule has 11 heteroatoms. The maximum absolute atomic E-state index is 12.7. The van der Waals surface area contributed by atoms with Gasteiger partial charge in [0.05, 0.1) is 4.90 Å². The van der Waals surface area contributed by atoms with Gasteiger partial charge in [0.25, 0.3) is 5.91 Å². The number of ether oxygens (including phenoxy) is 1. The highest BCUT2D eigenvalue weighted by Gasteiger charge is 2.33. The van der Waals surface area contributed by atoms with Crippen LogP contribution in [0, 0.1) is 0 Å². The second-order valence-corrected chi connectivity index (χ2v) is 7.87. The first-order valence-electron chi connectivity index (χ1n) is 8.23. The summed E-state index contributed by atoms with van der Waals surface area (Å²) in [6.45, 7) is 0.511. The number of carbonyl (C=O) groups excluding carboxylic acids is 1. The largest absolute Gasteiger partial charge is 0.573 e. The second kappa shape index (κ2) is 7.76. The van der Waals surface area contributed by atoms with E-state index in [1.54, 1.807) is 18.2 Å². The number of sulfonamides is 1. The number of halogens is 3. The smallest absolute Gasteiger partial charge is 0.406 e. The average molecular weight is 415 g/mol. The lowest BCUT2D eigenvalue weighted by Gasteiger charge is -2.33. The molecule has 1 aliphatic rings. The molecular weight excluding hydrogens is 399 g/mol. The minimum absolute atomic E-state index is 0.0711. The van der Waals surface area contributed by atoms with E-state index in [1.165, 1.54) is 15.4 Å². The summed E-state index contributed by atoms with van der Waals surface area (Å²) in [4.78, 5) is 17.7. The lowest BCUT2D eigenvalue weighted by Crippen LogP contribution is -2.50. The third-order valence-corrected chi connectivity index (χ3v) is 6.02. The predicted molar refractivity (Wildman–Crippen MR) is 92.0 cm³/mol. The SMILES string of the molecule is O=C(c1ccccn1)N1CCN(S(=O)(=O)c2ccc(OC(F)(F)F)cc2)CC1. The van der Waals surface area contributed by atoms with E-state index in [9.17, 15) is 26.4 Å². The molecule has 1 amide bonds. The summed E-state index contributed by atoms with van der Waals surface area (Å²) >= 11 is 0. The molecule has 150 valence electrons. The molecule has 7 nitrogen and oxygen atoms in total. The molecule has 0 unspecified atom stereocenters. The molecule has 0 bridgehead atoms. The molecule has 0 saturated carbocycles. The highest BCUT2D eigenvalue weighted by atomic mass is 32.2. The van der Waals surface area contributed by atoms with E-state index >= 15 is 0 Å². The monoisotopic (exact) mass is 415 g/mol. The van der Waals surface area contributed by atoms with Gasteiger partial charge >= 0.3 is 6.36 Å². The third-order valence-electron chi connectivity index (χ3n) is 4.10. The van der Waals surface area contributed by atoms with Gasteiger partial charge in [-0.1, -0.05) is 6.07 Å². The fourth-order valence-electron chi connectivity index (χ4n) is 2.75. The van der Waals surface area contributed by atoms with Gasteiger partial charge in [-0.25, -0.2) is 8.42 Å². The van der Waals surface area contributed by atoms with Crippen molar-refractivity contribution in [2.45, 2.75) is 11.3 Å². The molecule has 1 saturated heterocycles. The van der Waals surface area contributed by atoms with Crippen molar-refractivity contribution in [2.24, 2.45) is 0 Å². The molecule has 0 spiro atoms. The Bertz CT molecular complexity index is 926. The molecule has 2 aromatic rings. The number of rotatable bonds is 4. The number of hydrogen-bond acceptors (Lipinski definition) is 5. The molecule has 1 fully saturated rings. The van der Waals surface area contributed by atoms with E-state index in [-0.39, 0.29) is 42.7 Å². The lowest BCUT2D eigenvalue weighted by molar-refractivity contribution is -0.274. The van der Waals surface area contributed by atoms with Gasteiger partial charge in [-0.05, 0) is 36.4 Å². The summed E-state index contributed by atoms with van der Waals surface area (Å²) in [6, 6.07) is 8.96. The van der Waals surface area contributed by atoms with Gasteiger partial charge in [-0.15, -0.1) is 13.2 Å². The number of aromatic nitrogens is 1. The number of benzene rings is 1. The van der Waals surface area contributed by atoms with Crippen molar-refractivity contribution in [1.29, 1.82) is 0 Å². The zero-order valence-corrected chi connectivity index (χ0v) is 15.3. The van der Waals surface area contributed by atoms with E-state index in [0.29, 0.717) is 0 Å². The quantitative estimate of drug-likeness (QED) is 0.764. The molecule has 1 aromatic heterocycles. The van der Waals surface area contributed by atoms with Gasteiger partial charge in [0.15, 0.2) is 0 Å². The van der Waals surface area contributed by atoms with Crippen molar-refractivity contribution >= 4 is 15.9 Å². The lowest BCUT2D eigenvalue weighted by atomic mass is 10.3. The van der Waals surface area contributed by atoms with Crippen molar-refractivity contribution in [1.82, 2.24) is 14.2 Å². The Labute approximate surface area is 159 Å². The topological polar surface area (TPSA) is 79.8 Å². The van der Waals surface area contributed by atoms with Gasteiger partial charge in [0, 0.05) is 32.4 Å². The van der Waals surface area contributed by atoms with E-state index in [2.05, 4.69) is 9.72 Å². The van der Waals surface area contributed by atoms with Gasteiger partial charge in [-0.2, -0.15) is 4.31 Å². The van der Waals surface area contributed by atoms with E-state index in [1.807, 2.05) is 0 Å². The number of amides is 1. The molecule has 0 atom stereocenters. The summed E-state index contributed by atoms with van der Waals surface area (Å²) in [5.74, 6) is -0.788. The highest BCUT2D eigenvalue weighted by Crippen LogP contribution is 2.25. The normalized spacial score (nSPS) is 16.0. The van der Waals surface area contributed by atoms with Crippen LogP contribution in [0.15, 0.2) is 53.6 Å². The molecular formula is C17H16F3N3O4S. The maximum atomic E-state index is 12.7. The molecule has 3 rings (SSSR count). The van der Waals surface area contributed by atoms with Crippen LogP contribution in [0.4, 0.5) is 13.2 Å². The van der Waals surface area contributed by atoms with Gasteiger partial charge in [0.1, 0.15) is 11.4 Å². The van der Waals surface area contributed by atoms with Crippen LogP contribution in [-0.2, 0) is 10.0 Å². The Balaban J connectivity index is 1.65. The molecule has 1 aromatic carbocycles. The van der Waals surface area contributed by atoms with Crippen molar-refractivity contribution in [3.8, 4) is 5.75 Å². The second-order valence-electron chi connectivity index (χ2n) is 5.93. The third kappa shape index (κ3) is 4.60. The summed E-state index contributed by atoms with van der Waals surface area (Å²) in [6.07, 6.45) is -3.35. The number of alkyl halides is 3. The Kier molecular flexibility index (Phi) is 5.57. The maximum Gasteiger partial charge on any atom is 0.573 e. The van der Waals surface area contributed by atoms with Crippen molar-refractivity contribution in [2.75, 3.05) is 26.2 Å².